The zero-order valence-electron chi connectivity index (χ0n) is 8.79. The Hall–Kier alpha value is -1.59. The Morgan fingerprint density at radius 2 is 2.12 bits per heavy atom. The molecule has 0 amide bonds. The Balaban J connectivity index is 2.43. The van der Waals surface area contributed by atoms with Gasteiger partial charge in [-0.25, -0.2) is 4.98 Å². The molecule has 0 aliphatic heterocycles. The maximum Gasteiger partial charge on any atom is 0.433 e. The van der Waals surface area contributed by atoms with Gasteiger partial charge < -0.3 is 5.11 Å². The van der Waals surface area contributed by atoms with Crippen LogP contribution in [0.2, 0.25) is 0 Å². The molecular weight excluding hydrogens is 235 g/mol. The fourth-order valence-electron chi connectivity index (χ4n) is 2.07. The van der Waals surface area contributed by atoms with E-state index in [-0.39, 0.29) is 5.69 Å². The summed E-state index contributed by atoms with van der Waals surface area (Å²) in [7, 11) is 0. The van der Waals surface area contributed by atoms with Crippen LogP contribution in [-0.4, -0.2) is 16.1 Å². The van der Waals surface area contributed by atoms with Crippen molar-refractivity contribution < 1.29 is 23.1 Å². The number of alkyl halides is 3. The van der Waals surface area contributed by atoms with E-state index in [0.29, 0.717) is 24.8 Å². The summed E-state index contributed by atoms with van der Waals surface area (Å²) in [6, 6.07) is 2.09. The van der Waals surface area contributed by atoms with Crippen molar-refractivity contribution in [3.05, 3.63) is 29.1 Å². The molecule has 92 valence electrons. The Morgan fingerprint density at radius 1 is 1.41 bits per heavy atom. The fourth-order valence-corrected chi connectivity index (χ4v) is 2.07. The van der Waals surface area contributed by atoms with Crippen LogP contribution in [0.3, 0.4) is 0 Å². The van der Waals surface area contributed by atoms with Crippen LogP contribution >= 0.6 is 0 Å². The summed E-state index contributed by atoms with van der Waals surface area (Å²) in [6.07, 6.45) is -3.07. The van der Waals surface area contributed by atoms with Gasteiger partial charge in [0.05, 0.1) is 5.92 Å². The molecule has 0 saturated carbocycles. The topological polar surface area (TPSA) is 50.2 Å². The molecular formula is C11H10F3NO2. The van der Waals surface area contributed by atoms with Crippen LogP contribution in [0.1, 0.15) is 35.7 Å². The normalized spacial score (nSPS) is 19.8. The summed E-state index contributed by atoms with van der Waals surface area (Å²) in [5.74, 6) is -1.74. The first-order valence-corrected chi connectivity index (χ1v) is 5.19. The second-order valence-corrected chi connectivity index (χ2v) is 4.01. The molecule has 0 bridgehead atoms. The van der Waals surface area contributed by atoms with E-state index in [1.54, 1.807) is 0 Å². The van der Waals surface area contributed by atoms with E-state index in [1.807, 2.05) is 0 Å². The number of aryl methyl sites for hydroxylation is 1. The first-order chi connectivity index (χ1) is 7.89. The molecule has 0 spiro atoms. The largest absolute Gasteiger partial charge is 0.481 e. The maximum absolute atomic E-state index is 12.4. The van der Waals surface area contributed by atoms with Gasteiger partial charge in [0, 0.05) is 5.69 Å². The maximum atomic E-state index is 12.4. The SMILES string of the molecule is O=C(O)C1CCCc2nc(C(F)(F)F)ccc21. The Labute approximate surface area is 95.3 Å². The van der Waals surface area contributed by atoms with Crippen LogP contribution < -0.4 is 0 Å². The Kier molecular flexibility index (Phi) is 2.81. The molecule has 0 saturated heterocycles. The van der Waals surface area contributed by atoms with Crippen LogP contribution in [0.25, 0.3) is 0 Å². The molecule has 1 aliphatic rings. The number of carbonyl (C=O) groups is 1. The molecule has 1 N–H and O–H groups in total. The molecule has 6 heteroatoms. The highest BCUT2D eigenvalue weighted by molar-refractivity contribution is 5.76. The predicted molar refractivity (Wildman–Crippen MR) is 52.6 cm³/mol. The monoisotopic (exact) mass is 245 g/mol. The van der Waals surface area contributed by atoms with Crippen molar-refractivity contribution in [1.29, 1.82) is 0 Å². The minimum absolute atomic E-state index is 0.262. The molecule has 0 aromatic carbocycles. The second kappa shape index (κ2) is 4.01. The molecule has 1 heterocycles. The highest BCUT2D eigenvalue weighted by Gasteiger charge is 2.35. The van der Waals surface area contributed by atoms with Gasteiger partial charge in [-0.1, -0.05) is 6.07 Å². The quantitative estimate of drug-likeness (QED) is 0.827. The van der Waals surface area contributed by atoms with Crippen molar-refractivity contribution in [3.63, 3.8) is 0 Å². The van der Waals surface area contributed by atoms with E-state index in [0.717, 1.165) is 6.07 Å². The summed E-state index contributed by atoms with van der Waals surface area (Å²) < 4.78 is 37.3. The van der Waals surface area contributed by atoms with Crippen LogP contribution in [0.4, 0.5) is 13.2 Å². The van der Waals surface area contributed by atoms with Crippen LogP contribution in [0, 0.1) is 0 Å². The summed E-state index contributed by atoms with van der Waals surface area (Å²) in [6.45, 7) is 0. The van der Waals surface area contributed by atoms with E-state index >= 15 is 0 Å². The van der Waals surface area contributed by atoms with Crippen LogP contribution in [0.15, 0.2) is 12.1 Å². The lowest BCUT2D eigenvalue weighted by Crippen LogP contribution is -2.20. The number of carboxylic acid groups (broad SMARTS) is 1. The van der Waals surface area contributed by atoms with Gasteiger partial charge in [-0.3, -0.25) is 4.79 Å². The lowest BCUT2D eigenvalue weighted by molar-refractivity contribution is -0.141. The lowest BCUT2D eigenvalue weighted by atomic mass is 9.85. The zero-order valence-corrected chi connectivity index (χ0v) is 8.79. The van der Waals surface area contributed by atoms with Gasteiger partial charge in [0.25, 0.3) is 0 Å². The minimum Gasteiger partial charge on any atom is -0.481 e. The highest BCUT2D eigenvalue weighted by Crippen LogP contribution is 2.34. The summed E-state index contributed by atoms with van der Waals surface area (Å²) in [5, 5.41) is 8.96. The third kappa shape index (κ3) is 2.25. The van der Waals surface area contributed by atoms with Gasteiger partial charge in [-0.05, 0) is 30.9 Å². The van der Waals surface area contributed by atoms with E-state index in [2.05, 4.69) is 4.98 Å². The summed E-state index contributed by atoms with van der Waals surface area (Å²) in [5.41, 5.74) is -0.280. The number of halogens is 3. The van der Waals surface area contributed by atoms with Crippen molar-refractivity contribution >= 4 is 5.97 Å². The number of hydrogen-bond donors (Lipinski definition) is 1. The van der Waals surface area contributed by atoms with Crippen molar-refractivity contribution in [2.75, 3.05) is 0 Å². The minimum atomic E-state index is -4.48. The van der Waals surface area contributed by atoms with Crippen molar-refractivity contribution in [2.45, 2.75) is 31.4 Å². The third-order valence-electron chi connectivity index (χ3n) is 2.88. The van der Waals surface area contributed by atoms with E-state index in [9.17, 15) is 18.0 Å². The molecule has 3 nitrogen and oxygen atoms in total. The molecule has 0 radical (unpaired) electrons. The number of aromatic nitrogens is 1. The predicted octanol–water partition coefficient (Wildman–Crippen LogP) is 2.60. The van der Waals surface area contributed by atoms with Gasteiger partial charge in [-0.2, -0.15) is 13.2 Å². The van der Waals surface area contributed by atoms with Gasteiger partial charge in [0.15, 0.2) is 0 Å². The van der Waals surface area contributed by atoms with Gasteiger partial charge in [-0.15, -0.1) is 0 Å². The van der Waals surface area contributed by atoms with E-state index in [1.165, 1.54) is 6.07 Å². The number of fused-ring (bicyclic) bond motifs is 1. The van der Waals surface area contributed by atoms with Gasteiger partial charge in [0.1, 0.15) is 5.69 Å². The van der Waals surface area contributed by atoms with E-state index in [4.69, 9.17) is 5.11 Å². The molecule has 1 atom stereocenters. The second-order valence-electron chi connectivity index (χ2n) is 4.01. The lowest BCUT2D eigenvalue weighted by Gasteiger charge is -2.22. The number of nitrogens with zero attached hydrogens (tertiary/aromatic N) is 1. The van der Waals surface area contributed by atoms with Crippen molar-refractivity contribution in [2.24, 2.45) is 0 Å². The first-order valence-electron chi connectivity index (χ1n) is 5.19. The van der Waals surface area contributed by atoms with Crippen molar-refractivity contribution in [3.8, 4) is 0 Å². The van der Waals surface area contributed by atoms with Crippen molar-refractivity contribution in [1.82, 2.24) is 4.98 Å². The molecule has 0 fully saturated rings. The summed E-state index contributed by atoms with van der Waals surface area (Å²) >= 11 is 0. The van der Waals surface area contributed by atoms with E-state index < -0.39 is 23.8 Å². The van der Waals surface area contributed by atoms with Crippen LogP contribution in [-0.2, 0) is 17.4 Å². The number of carboxylic acids is 1. The van der Waals surface area contributed by atoms with Gasteiger partial charge >= 0.3 is 12.1 Å². The number of hydrogen-bond acceptors (Lipinski definition) is 2. The fraction of sp³-hybridized carbons (Fsp3) is 0.455. The molecule has 1 unspecified atom stereocenters. The first kappa shape index (κ1) is 11.9. The molecule has 1 aliphatic carbocycles. The average Bonchev–Trinajstić information content (AvgIpc) is 2.26. The standard InChI is InChI=1S/C11H10F3NO2/c12-11(13,14)9-5-4-6-7(10(16)17)2-1-3-8(6)15-9/h4-5,7H,1-3H2,(H,16,17). The molecule has 1 aromatic heterocycles. The smallest absolute Gasteiger partial charge is 0.433 e. The molecule has 1 aromatic rings. The number of pyridine rings is 1. The zero-order chi connectivity index (χ0) is 12.6. The molecule has 2 rings (SSSR count). The Bertz CT molecular complexity index is 457. The summed E-state index contributed by atoms with van der Waals surface area (Å²) in [4.78, 5) is 14.5. The third-order valence-corrected chi connectivity index (χ3v) is 2.88. The van der Waals surface area contributed by atoms with Gasteiger partial charge in [0.2, 0.25) is 0 Å². The number of rotatable bonds is 1. The molecule has 17 heavy (non-hydrogen) atoms. The number of aliphatic carboxylic acids is 1. The highest BCUT2D eigenvalue weighted by atomic mass is 19.4. The van der Waals surface area contributed by atoms with Crippen LogP contribution in [0.5, 0.6) is 0 Å². The Morgan fingerprint density at radius 3 is 2.71 bits per heavy atom. The average molecular weight is 245 g/mol.